The van der Waals surface area contributed by atoms with E-state index in [1.807, 2.05) is 11.8 Å². The molecular weight excluding hydrogens is 426 g/mol. The number of thiophene rings is 1. The highest BCUT2D eigenvalue weighted by Crippen LogP contribution is 2.37. The van der Waals surface area contributed by atoms with Gasteiger partial charge < -0.3 is 10.2 Å². The molecule has 32 heavy (non-hydrogen) atoms. The highest BCUT2D eigenvalue weighted by molar-refractivity contribution is 7.16. The third kappa shape index (κ3) is 4.47. The summed E-state index contributed by atoms with van der Waals surface area (Å²) >= 11 is 1.55. The molecule has 1 aromatic carbocycles. The van der Waals surface area contributed by atoms with E-state index in [9.17, 15) is 20.2 Å². The fourth-order valence-corrected chi connectivity index (χ4v) is 5.81. The molecular formula is C23H27N5O3S. The molecule has 1 N–H and O–H groups in total. The fourth-order valence-electron chi connectivity index (χ4n) is 4.57. The van der Waals surface area contributed by atoms with Crippen molar-refractivity contribution < 1.29 is 9.72 Å². The summed E-state index contributed by atoms with van der Waals surface area (Å²) in [5.41, 5.74) is 2.48. The van der Waals surface area contributed by atoms with E-state index in [1.165, 1.54) is 17.4 Å². The Hall–Kier alpha value is -2.96. The van der Waals surface area contributed by atoms with Crippen LogP contribution in [0.3, 0.4) is 0 Å². The molecule has 0 radical (unpaired) electrons. The van der Waals surface area contributed by atoms with Crippen LogP contribution in [0.1, 0.15) is 42.2 Å². The van der Waals surface area contributed by atoms with Crippen LogP contribution in [0.25, 0.3) is 0 Å². The summed E-state index contributed by atoms with van der Waals surface area (Å²) in [5, 5.41) is 24.7. The van der Waals surface area contributed by atoms with Crippen molar-refractivity contribution in [3.63, 3.8) is 0 Å². The van der Waals surface area contributed by atoms with Gasteiger partial charge in [-0.25, -0.2) is 0 Å². The number of piperazine rings is 1. The summed E-state index contributed by atoms with van der Waals surface area (Å²) in [7, 11) is 0. The molecule has 2 aromatic rings. The number of nitrogens with zero attached hydrogens (tertiary/aromatic N) is 4. The first kappa shape index (κ1) is 22.2. The summed E-state index contributed by atoms with van der Waals surface area (Å²) in [6.07, 6.45) is 5.29. The van der Waals surface area contributed by atoms with E-state index < -0.39 is 0 Å². The van der Waals surface area contributed by atoms with Crippen LogP contribution in [0.15, 0.2) is 24.3 Å². The van der Waals surface area contributed by atoms with Crippen LogP contribution >= 0.6 is 11.3 Å². The monoisotopic (exact) mass is 453 g/mol. The fraction of sp³-hybridized carbons (Fsp3) is 0.478. The van der Waals surface area contributed by atoms with Crippen LogP contribution in [-0.4, -0.2) is 48.0 Å². The highest BCUT2D eigenvalue weighted by atomic mass is 32.1. The maximum atomic E-state index is 13.0. The van der Waals surface area contributed by atoms with Crippen molar-refractivity contribution in [1.29, 1.82) is 5.26 Å². The molecule has 1 amide bonds. The van der Waals surface area contributed by atoms with Crippen molar-refractivity contribution in [2.75, 3.05) is 36.4 Å². The quantitative estimate of drug-likeness (QED) is 0.418. The van der Waals surface area contributed by atoms with Gasteiger partial charge in [0.25, 0.3) is 5.69 Å². The smallest absolute Gasteiger partial charge is 0.292 e. The largest absolute Gasteiger partial charge is 0.363 e. The Balaban J connectivity index is 1.40. The van der Waals surface area contributed by atoms with Gasteiger partial charge in [0.05, 0.1) is 16.5 Å². The maximum Gasteiger partial charge on any atom is 0.292 e. The van der Waals surface area contributed by atoms with Crippen LogP contribution < -0.4 is 10.2 Å². The molecule has 4 rings (SSSR count). The number of nitro benzene ring substituents is 1. The average molecular weight is 454 g/mol. The number of benzene rings is 1. The van der Waals surface area contributed by atoms with Crippen molar-refractivity contribution in [2.24, 2.45) is 0 Å². The minimum Gasteiger partial charge on any atom is -0.363 e. The van der Waals surface area contributed by atoms with Gasteiger partial charge in [-0.15, -0.1) is 11.3 Å². The van der Waals surface area contributed by atoms with Gasteiger partial charge in [-0.05, 0) is 44.2 Å². The molecule has 1 aliphatic carbocycles. The second kappa shape index (κ2) is 9.67. The normalized spacial score (nSPS) is 17.7. The number of para-hydroxylation sites is 2. The number of nitro groups is 1. The number of hydrogen-bond acceptors (Lipinski definition) is 7. The predicted octanol–water partition coefficient (Wildman–Crippen LogP) is 3.95. The number of nitrogens with one attached hydrogen (secondary N) is 1. The lowest BCUT2D eigenvalue weighted by Crippen LogP contribution is -2.52. The Kier molecular flexibility index (Phi) is 6.72. The molecule has 9 heteroatoms. The second-order valence-electron chi connectivity index (χ2n) is 8.31. The lowest BCUT2D eigenvalue weighted by atomic mass is 10.1. The molecule has 1 fully saturated rings. The van der Waals surface area contributed by atoms with Gasteiger partial charge in [-0.1, -0.05) is 18.6 Å². The zero-order valence-electron chi connectivity index (χ0n) is 18.2. The van der Waals surface area contributed by atoms with Gasteiger partial charge >= 0.3 is 0 Å². The van der Waals surface area contributed by atoms with Gasteiger partial charge in [0.2, 0.25) is 5.91 Å². The molecule has 2 heterocycles. The Morgan fingerprint density at radius 2 is 1.91 bits per heavy atom. The summed E-state index contributed by atoms with van der Waals surface area (Å²) in [4.78, 5) is 29.3. The van der Waals surface area contributed by atoms with Crippen molar-refractivity contribution in [2.45, 2.75) is 45.1 Å². The summed E-state index contributed by atoms with van der Waals surface area (Å²) in [6, 6.07) is 8.73. The van der Waals surface area contributed by atoms with Gasteiger partial charge in [-0.3, -0.25) is 19.8 Å². The number of aryl methyl sites for hydroxylation is 1. The van der Waals surface area contributed by atoms with Gasteiger partial charge in [0.1, 0.15) is 16.8 Å². The Bertz CT molecular complexity index is 1050. The summed E-state index contributed by atoms with van der Waals surface area (Å²) < 4.78 is 0. The van der Waals surface area contributed by atoms with Crippen LogP contribution in [0.4, 0.5) is 16.4 Å². The number of carbonyl (C=O) groups excluding carboxylic acids is 1. The molecule has 0 bridgehead atoms. The predicted molar refractivity (Wildman–Crippen MR) is 125 cm³/mol. The van der Waals surface area contributed by atoms with E-state index in [0.29, 0.717) is 42.4 Å². The number of amides is 1. The summed E-state index contributed by atoms with van der Waals surface area (Å²) in [5.74, 6) is -0.114. The SMILES string of the molecule is CC(C(=O)Nc1sc2c(c1C#N)CCCCC2)N1CCN(c2ccccc2[N+](=O)[O-])CC1. The Morgan fingerprint density at radius 1 is 1.19 bits per heavy atom. The first-order valence-electron chi connectivity index (χ1n) is 11.1. The number of anilines is 2. The van der Waals surface area contributed by atoms with Crippen LogP contribution in [0.5, 0.6) is 0 Å². The van der Waals surface area contributed by atoms with E-state index in [0.717, 1.165) is 31.2 Å². The van der Waals surface area contributed by atoms with Crippen LogP contribution in [0.2, 0.25) is 0 Å². The highest BCUT2D eigenvalue weighted by Gasteiger charge is 2.29. The Morgan fingerprint density at radius 3 is 2.62 bits per heavy atom. The van der Waals surface area contributed by atoms with E-state index in [4.69, 9.17) is 0 Å². The van der Waals surface area contributed by atoms with Crippen molar-refractivity contribution in [1.82, 2.24) is 4.90 Å². The molecule has 168 valence electrons. The zero-order valence-corrected chi connectivity index (χ0v) is 19.0. The third-order valence-corrected chi connectivity index (χ3v) is 7.64. The lowest BCUT2D eigenvalue weighted by molar-refractivity contribution is -0.384. The molecule has 1 saturated heterocycles. The molecule has 8 nitrogen and oxygen atoms in total. The molecule has 1 atom stereocenters. The maximum absolute atomic E-state index is 13.0. The molecule has 0 spiro atoms. The van der Waals surface area contributed by atoms with E-state index in [-0.39, 0.29) is 22.6 Å². The molecule has 2 aliphatic rings. The van der Waals surface area contributed by atoms with E-state index in [2.05, 4.69) is 16.3 Å². The first-order chi connectivity index (χ1) is 15.5. The second-order valence-corrected chi connectivity index (χ2v) is 9.42. The number of carbonyl (C=O) groups is 1. The zero-order chi connectivity index (χ0) is 22.7. The van der Waals surface area contributed by atoms with Crippen LogP contribution in [0, 0.1) is 21.4 Å². The Labute approximate surface area is 191 Å². The minimum absolute atomic E-state index is 0.105. The van der Waals surface area contributed by atoms with E-state index >= 15 is 0 Å². The lowest BCUT2D eigenvalue weighted by Gasteiger charge is -2.38. The molecule has 1 unspecified atom stereocenters. The minimum atomic E-state index is -0.354. The number of rotatable bonds is 5. The third-order valence-electron chi connectivity index (χ3n) is 6.43. The van der Waals surface area contributed by atoms with Crippen LogP contribution in [-0.2, 0) is 17.6 Å². The topological polar surface area (TPSA) is 103 Å². The standard InChI is InChI=1S/C23H27N5O3S/c1-16(22(29)25-23-18(15-24)17-7-3-2-4-10-21(17)32-23)26-11-13-27(14-12-26)19-8-5-6-9-20(19)28(30)31/h5-6,8-9,16H,2-4,7,10-14H2,1H3,(H,25,29). The van der Waals surface area contributed by atoms with Crippen molar-refractivity contribution >= 4 is 33.6 Å². The number of hydrogen-bond donors (Lipinski definition) is 1. The number of nitriles is 1. The van der Waals surface area contributed by atoms with E-state index in [1.54, 1.807) is 29.5 Å². The average Bonchev–Trinajstić information content (AvgIpc) is 2.97. The molecule has 1 aliphatic heterocycles. The van der Waals surface area contributed by atoms with Gasteiger partial charge in [0.15, 0.2) is 0 Å². The van der Waals surface area contributed by atoms with Crippen molar-refractivity contribution in [3.05, 3.63) is 50.4 Å². The first-order valence-corrected chi connectivity index (χ1v) is 11.9. The summed E-state index contributed by atoms with van der Waals surface area (Å²) in [6.45, 7) is 4.36. The number of fused-ring (bicyclic) bond motifs is 1. The molecule has 1 aromatic heterocycles. The molecule has 0 saturated carbocycles. The van der Waals surface area contributed by atoms with Gasteiger partial charge in [-0.2, -0.15) is 5.26 Å². The van der Waals surface area contributed by atoms with Gasteiger partial charge in [0, 0.05) is 37.1 Å². The van der Waals surface area contributed by atoms with Crippen molar-refractivity contribution in [3.8, 4) is 6.07 Å².